The quantitative estimate of drug-likeness (QED) is 0.480. The molecule has 9 heteroatoms. The number of carbonyl (C=O) groups excluding carboxylic acids is 1. The van der Waals surface area contributed by atoms with Crippen molar-refractivity contribution in [2.24, 2.45) is 5.41 Å². The number of rotatable bonds is 3. The van der Waals surface area contributed by atoms with E-state index in [2.05, 4.69) is 18.0 Å². The third-order valence-corrected chi connectivity index (χ3v) is 6.93. The van der Waals surface area contributed by atoms with Crippen LogP contribution in [-0.4, -0.2) is 27.8 Å². The van der Waals surface area contributed by atoms with Gasteiger partial charge in [0.05, 0.1) is 46.8 Å². The summed E-state index contributed by atoms with van der Waals surface area (Å²) in [5.74, 6) is 0. The Balaban J connectivity index is 1.42. The SMILES string of the molecule is C[C@]1(Cn2cnc3ccc(C#N)cc32)CCC[C@@]2(CN(c3ccccc3C(F)(F)F)C(=O)O2)C1. The molecular weight excluding hydrogens is 445 g/mol. The summed E-state index contributed by atoms with van der Waals surface area (Å²) in [4.78, 5) is 18.3. The Morgan fingerprint density at radius 1 is 1.21 bits per heavy atom. The maximum absolute atomic E-state index is 13.6. The van der Waals surface area contributed by atoms with E-state index in [1.54, 1.807) is 18.5 Å². The van der Waals surface area contributed by atoms with Gasteiger partial charge in [-0.3, -0.25) is 4.90 Å². The van der Waals surface area contributed by atoms with Crippen molar-refractivity contribution in [3.8, 4) is 6.07 Å². The minimum Gasteiger partial charge on any atom is -0.441 e. The molecule has 2 aromatic carbocycles. The maximum Gasteiger partial charge on any atom is 0.418 e. The number of alkyl halides is 3. The predicted octanol–water partition coefficient (Wildman–Crippen LogP) is 5.90. The lowest BCUT2D eigenvalue weighted by atomic mass is 9.68. The minimum absolute atomic E-state index is 0.0811. The van der Waals surface area contributed by atoms with E-state index in [-0.39, 0.29) is 17.6 Å². The van der Waals surface area contributed by atoms with E-state index in [9.17, 15) is 23.2 Å². The topological polar surface area (TPSA) is 71.2 Å². The summed E-state index contributed by atoms with van der Waals surface area (Å²) >= 11 is 0. The number of benzene rings is 2. The number of nitriles is 1. The molecule has 5 rings (SSSR count). The molecule has 1 amide bonds. The molecule has 1 aliphatic carbocycles. The van der Waals surface area contributed by atoms with Crippen LogP contribution in [0.5, 0.6) is 0 Å². The van der Waals surface area contributed by atoms with Gasteiger partial charge in [-0.15, -0.1) is 0 Å². The third kappa shape index (κ3) is 3.87. The molecule has 6 nitrogen and oxygen atoms in total. The molecule has 2 fully saturated rings. The number of ether oxygens (including phenoxy) is 1. The summed E-state index contributed by atoms with van der Waals surface area (Å²) in [6, 6.07) is 12.6. The normalized spacial score (nSPS) is 25.0. The summed E-state index contributed by atoms with van der Waals surface area (Å²) in [6.07, 6.45) is -0.787. The summed E-state index contributed by atoms with van der Waals surface area (Å²) in [5.41, 5.74) is 0.0443. The van der Waals surface area contributed by atoms with E-state index < -0.39 is 23.4 Å². The van der Waals surface area contributed by atoms with Crippen molar-refractivity contribution in [2.45, 2.75) is 50.9 Å². The summed E-state index contributed by atoms with van der Waals surface area (Å²) < 4.78 is 48.5. The first-order chi connectivity index (χ1) is 16.1. The van der Waals surface area contributed by atoms with Crippen LogP contribution in [0.2, 0.25) is 0 Å². The highest BCUT2D eigenvalue weighted by Gasteiger charge is 2.52. The van der Waals surface area contributed by atoms with Crippen LogP contribution in [0.4, 0.5) is 23.7 Å². The van der Waals surface area contributed by atoms with E-state index in [4.69, 9.17) is 4.74 Å². The average Bonchev–Trinajstić information content (AvgIpc) is 3.32. The zero-order valence-electron chi connectivity index (χ0n) is 18.6. The zero-order chi connectivity index (χ0) is 24.1. The first-order valence-corrected chi connectivity index (χ1v) is 11.1. The number of imidazole rings is 1. The average molecular weight is 468 g/mol. The number of hydrogen-bond donors (Lipinski definition) is 0. The fourth-order valence-corrected chi connectivity index (χ4v) is 5.57. The smallest absolute Gasteiger partial charge is 0.418 e. The number of amides is 1. The lowest BCUT2D eigenvalue weighted by Gasteiger charge is -2.43. The number of hydrogen-bond acceptors (Lipinski definition) is 4. The standard InChI is InChI=1S/C25H23F3N4O2/c1-23(14-31-16-30-19-8-7-17(12-29)11-21(19)31)9-4-10-24(13-23)15-32(22(33)34-24)20-6-3-2-5-18(20)25(26,27)28/h2-3,5-8,11,16H,4,9-10,13-15H2,1H3/t23-,24-/m0/s1. The molecule has 0 bridgehead atoms. The van der Waals surface area contributed by atoms with Crippen LogP contribution in [0.3, 0.4) is 0 Å². The molecule has 0 radical (unpaired) electrons. The molecule has 2 aliphatic rings. The molecule has 0 N–H and O–H groups in total. The lowest BCUT2D eigenvalue weighted by Crippen LogP contribution is -2.45. The molecule has 0 unspecified atom stereocenters. The van der Waals surface area contributed by atoms with Gasteiger partial charge in [0.15, 0.2) is 0 Å². The van der Waals surface area contributed by atoms with Crippen molar-refractivity contribution < 1.29 is 22.7 Å². The Bertz CT molecular complexity index is 1310. The van der Waals surface area contributed by atoms with Crippen molar-refractivity contribution in [1.82, 2.24) is 9.55 Å². The predicted molar refractivity (Wildman–Crippen MR) is 119 cm³/mol. The number of halogens is 3. The summed E-state index contributed by atoms with van der Waals surface area (Å²) in [6.45, 7) is 2.78. The van der Waals surface area contributed by atoms with E-state index in [0.29, 0.717) is 24.9 Å². The summed E-state index contributed by atoms with van der Waals surface area (Å²) in [5, 5.41) is 9.25. The highest BCUT2D eigenvalue weighted by molar-refractivity contribution is 5.91. The molecule has 1 spiro atoms. The second kappa shape index (κ2) is 7.76. The van der Waals surface area contributed by atoms with Gasteiger partial charge in [-0.2, -0.15) is 18.4 Å². The zero-order valence-corrected chi connectivity index (χ0v) is 18.6. The van der Waals surface area contributed by atoms with Gasteiger partial charge in [0.25, 0.3) is 0 Å². The second-order valence-electron chi connectivity index (χ2n) is 9.68. The van der Waals surface area contributed by atoms with Crippen LogP contribution in [0.1, 0.15) is 43.7 Å². The third-order valence-electron chi connectivity index (χ3n) is 6.93. The van der Waals surface area contributed by atoms with Crippen molar-refractivity contribution in [3.63, 3.8) is 0 Å². The Morgan fingerprint density at radius 2 is 2.00 bits per heavy atom. The minimum atomic E-state index is -4.57. The fourth-order valence-electron chi connectivity index (χ4n) is 5.57. The molecule has 176 valence electrons. The number of nitrogens with zero attached hydrogens (tertiary/aromatic N) is 4. The number of para-hydroxylation sites is 1. The molecular formula is C25H23F3N4O2. The van der Waals surface area contributed by atoms with E-state index >= 15 is 0 Å². The van der Waals surface area contributed by atoms with Crippen LogP contribution in [0.15, 0.2) is 48.8 Å². The highest BCUT2D eigenvalue weighted by atomic mass is 19.4. The van der Waals surface area contributed by atoms with Gasteiger partial charge in [0, 0.05) is 6.54 Å². The Labute approximate surface area is 194 Å². The number of anilines is 1. The molecule has 1 aromatic heterocycles. The van der Waals surface area contributed by atoms with E-state index in [1.165, 1.54) is 18.2 Å². The van der Waals surface area contributed by atoms with Crippen LogP contribution < -0.4 is 4.90 Å². The summed E-state index contributed by atoms with van der Waals surface area (Å²) in [7, 11) is 0. The van der Waals surface area contributed by atoms with Gasteiger partial charge in [-0.25, -0.2) is 9.78 Å². The van der Waals surface area contributed by atoms with Crippen molar-refractivity contribution in [2.75, 3.05) is 11.4 Å². The lowest BCUT2D eigenvalue weighted by molar-refractivity contribution is -0.137. The highest BCUT2D eigenvalue weighted by Crippen LogP contribution is 2.49. The van der Waals surface area contributed by atoms with E-state index in [0.717, 1.165) is 34.8 Å². The van der Waals surface area contributed by atoms with Crippen LogP contribution in [0, 0.1) is 16.7 Å². The van der Waals surface area contributed by atoms with Gasteiger partial charge in [-0.05, 0) is 61.4 Å². The second-order valence-corrected chi connectivity index (χ2v) is 9.68. The van der Waals surface area contributed by atoms with Gasteiger partial charge in [0.2, 0.25) is 0 Å². The fraction of sp³-hybridized carbons (Fsp3) is 0.400. The molecule has 3 aromatic rings. The van der Waals surface area contributed by atoms with Crippen LogP contribution in [0.25, 0.3) is 11.0 Å². The van der Waals surface area contributed by atoms with Gasteiger partial charge in [0.1, 0.15) is 5.60 Å². The Kier molecular flexibility index (Phi) is 5.08. The molecule has 2 atom stereocenters. The number of fused-ring (bicyclic) bond motifs is 1. The van der Waals surface area contributed by atoms with E-state index in [1.807, 2.05) is 10.6 Å². The van der Waals surface area contributed by atoms with Crippen LogP contribution in [-0.2, 0) is 17.5 Å². The first kappa shape index (κ1) is 22.3. The Hall–Kier alpha value is -3.54. The number of carbonyl (C=O) groups is 1. The molecule has 1 saturated carbocycles. The number of aromatic nitrogens is 2. The van der Waals surface area contributed by atoms with Gasteiger partial charge in [-0.1, -0.05) is 19.1 Å². The Morgan fingerprint density at radius 3 is 2.76 bits per heavy atom. The molecule has 1 saturated heterocycles. The largest absolute Gasteiger partial charge is 0.441 e. The molecule has 34 heavy (non-hydrogen) atoms. The van der Waals surface area contributed by atoms with Crippen molar-refractivity contribution >= 4 is 22.8 Å². The molecule has 1 aliphatic heterocycles. The van der Waals surface area contributed by atoms with Gasteiger partial charge >= 0.3 is 12.3 Å². The van der Waals surface area contributed by atoms with Crippen molar-refractivity contribution in [3.05, 3.63) is 59.9 Å². The molecule has 2 heterocycles. The monoisotopic (exact) mass is 468 g/mol. The van der Waals surface area contributed by atoms with Crippen LogP contribution >= 0.6 is 0 Å². The van der Waals surface area contributed by atoms with Gasteiger partial charge < -0.3 is 9.30 Å². The maximum atomic E-state index is 13.6. The first-order valence-electron chi connectivity index (χ1n) is 11.1. The van der Waals surface area contributed by atoms with Crippen molar-refractivity contribution in [1.29, 1.82) is 5.26 Å².